The zero-order valence-corrected chi connectivity index (χ0v) is 13.7. The van der Waals surface area contributed by atoms with E-state index in [1.807, 2.05) is 49.4 Å². The van der Waals surface area contributed by atoms with E-state index in [2.05, 4.69) is 15.9 Å². The second-order valence-corrected chi connectivity index (χ2v) is 5.57. The van der Waals surface area contributed by atoms with E-state index in [9.17, 15) is 0 Å². The van der Waals surface area contributed by atoms with Crippen LogP contribution in [0.3, 0.4) is 0 Å². The minimum Gasteiger partial charge on any atom is -0.496 e. The minimum absolute atomic E-state index is 0.0427. The van der Waals surface area contributed by atoms with Crippen molar-refractivity contribution in [1.82, 2.24) is 0 Å². The van der Waals surface area contributed by atoms with Crippen LogP contribution in [0, 0.1) is 0 Å². The molecule has 0 fully saturated rings. The molecule has 106 valence electrons. The first kappa shape index (κ1) is 15.2. The molecule has 4 heteroatoms. The van der Waals surface area contributed by atoms with Gasteiger partial charge in [-0.1, -0.05) is 45.7 Å². The van der Waals surface area contributed by atoms with Gasteiger partial charge in [-0.2, -0.15) is 0 Å². The average Bonchev–Trinajstić information content (AvgIpc) is 2.47. The molecule has 1 atom stereocenters. The van der Waals surface area contributed by atoms with Crippen LogP contribution in [0.1, 0.15) is 22.9 Å². The van der Waals surface area contributed by atoms with E-state index in [-0.39, 0.29) is 4.83 Å². The van der Waals surface area contributed by atoms with Gasteiger partial charge in [0.05, 0.1) is 18.5 Å². The van der Waals surface area contributed by atoms with Crippen LogP contribution in [-0.4, -0.2) is 13.7 Å². The maximum absolute atomic E-state index is 6.10. The van der Waals surface area contributed by atoms with Gasteiger partial charge in [0.1, 0.15) is 11.5 Å². The first-order valence-electron chi connectivity index (χ1n) is 6.36. The number of rotatable bonds is 5. The lowest BCUT2D eigenvalue weighted by Gasteiger charge is -2.18. The second kappa shape index (κ2) is 7.00. The number of benzene rings is 2. The SMILES string of the molecule is CCOc1ccccc1C(Br)c1cc(Cl)ccc1OC. The van der Waals surface area contributed by atoms with Gasteiger partial charge < -0.3 is 9.47 Å². The van der Waals surface area contributed by atoms with Crippen molar-refractivity contribution in [3.05, 3.63) is 58.6 Å². The maximum Gasteiger partial charge on any atom is 0.123 e. The summed E-state index contributed by atoms with van der Waals surface area (Å²) in [6.07, 6.45) is 0. The second-order valence-electron chi connectivity index (χ2n) is 4.22. The fourth-order valence-electron chi connectivity index (χ4n) is 2.05. The Morgan fingerprint density at radius 2 is 1.85 bits per heavy atom. The van der Waals surface area contributed by atoms with E-state index >= 15 is 0 Å². The van der Waals surface area contributed by atoms with E-state index in [0.29, 0.717) is 11.6 Å². The summed E-state index contributed by atoms with van der Waals surface area (Å²) in [7, 11) is 1.65. The minimum atomic E-state index is -0.0427. The maximum atomic E-state index is 6.10. The zero-order chi connectivity index (χ0) is 14.5. The third kappa shape index (κ3) is 3.28. The summed E-state index contributed by atoms with van der Waals surface area (Å²) in [6.45, 7) is 2.60. The Hall–Kier alpha value is -1.19. The van der Waals surface area contributed by atoms with Crippen molar-refractivity contribution in [3.63, 3.8) is 0 Å². The summed E-state index contributed by atoms with van der Waals surface area (Å²) in [4.78, 5) is -0.0427. The molecule has 0 N–H and O–H groups in total. The molecule has 0 aliphatic rings. The Balaban J connectivity index is 2.45. The summed E-state index contributed by atoms with van der Waals surface area (Å²) in [5.74, 6) is 1.65. The predicted octanol–water partition coefficient (Wildman–Crippen LogP) is 5.23. The van der Waals surface area contributed by atoms with E-state index in [1.54, 1.807) is 7.11 Å². The van der Waals surface area contributed by atoms with Crippen molar-refractivity contribution in [2.45, 2.75) is 11.8 Å². The van der Waals surface area contributed by atoms with Crippen molar-refractivity contribution in [1.29, 1.82) is 0 Å². The first-order valence-corrected chi connectivity index (χ1v) is 7.66. The highest BCUT2D eigenvalue weighted by Gasteiger charge is 2.19. The molecular weight excluding hydrogens is 340 g/mol. The topological polar surface area (TPSA) is 18.5 Å². The highest BCUT2D eigenvalue weighted by Crippen LogP contribution is 2.41. The quantitative estimate of drug-likeness (QED) is 0.684. The highest BCUT2D eigenvalue weighted by molar-refractivity contribution is 9.09. The molecule has 2 nitrogen and oxygen atoms in total. The highest BCUT2D eigenvalue weighted by atomic mass is 79.9. The smallest absolute Gasteiger partial charge is 0.123 e. The average molecular weight is 356 g/mol. The Morgan fingerprint density at radius 1 is 1.10 bits per heavy atom. The molecule has 0 spiro atoms. The molecule has 0 saturated carbocycles. The lowest BCUT2D eigenvalue weighted by molar-refractivity contribution is 0.337. The standard InChI is InChI=1S/C16H16BrClO2/c1-3-20-15-7-5-4-6-12(15)16(17)13-10-11(18)8-9-14(13)19-2/h4-10,16H,3H2,1-2H3. The normalized spacial score (nSPS) is 12.0. The van der Waals surface area contributed by atoms with Crippen molar-refractivity contribution < 1.29 is 9.47 Å². The van der Waals surface area contributed by atoms with Gasteiger partial charge in [-0.3, -0.25) is 0 Å². The number of ether oxygens (including phenoxy) is 2. The van der Waals surface area contributed by atoms with Crippen molar-refractivity contribution >= 4 is 27.5 Å². The van der Waals surface area contributed by atoms with Gasteiger partial charge in [0.15, 0.2) is 0 Å². The number of hydrogen-bond donors (Lipinski definition) is 0. The molecule has 0 aliphatic heterocycles. The third-order valence-electron chi connectivity index (χ3n) is 2.96. The molecule has 0 aromatic heterocycles. The molecule has 2 aromatic rings. The van der Waals surface area contributed by atoms with Crippen molar-refractivity contribution in [2.24, 2.45) is 0 Å². The summed E-state index contributed by atoms with van der Waals surface area (Å²) in [5.41, 5.74) is 2.03. The molecule has 0 amide bonds. The van der Waals surface area contributed by atoms with Gasteiger partial charge in [0, 0.05) is 16.1 Å². The molecule has 1 unspecified atom stereocenters. The van der Waals surface area contributed by atoms with E-state index in [1.165, 1.54) is 0 Å². The van der Waals surface area contributed by atoms with Crippen molar-refractivity contribution in [2.75, 3.05) is 13.7 Å². The Morgan fingerprint density at radius 3 is 2.55 bits per heavy atom. The zero-order valence-electron chi connectivity index (χ0n) is 11.4. The van der Waals surface area contributed by atoms with Crippen LogP contribution in [-0.2, 0) is 0 Å². The van der Waals surface area contributed by atoms with E-state index < -0.39 is 0 Å². The van der Waals surface area contributed by atoms with Gasteiger partial charge in [-0.05, 0) is 31.2 Å². The lowest BCUT2D eigenvalue weighted by atomic mass is 10.0. The molecular formula is C16H16BrClO2. The summed E-state index contributed by atoms with van der Waals surface area (Å²) >= 11 is 9.82. The molecule has 0 bridgehead atoms. The molecule has 2 aromatic carbocycles. The lowest BCUT2D eigenvalue weighted by Crippen LogP contribution is -2.01. The largest absolute Gasteiger partial charge is 0.496 e. The summed E-state index contributed by atoms with van der Waals surface area (Å²) < 4.78 is 11.1. The monoisotopic (exact) mass is 354 g/mol. The van der Waals surface area contributed by atoms with Crippen LogP contribution in [0.5, 0.6) is 11.5 Å². The molecule has 0 heterocycles. The number of alkyl halides is 1. The Bertz CT molecular complexity index is 586. The fourth-order valence-corrected chi connectivity index (χ4v) is 2.96. The van der Waals surface area contributed by atoms with Gasteiger partial charge >= 0.3 is 0 Å². The van der Waals surface area contributed by atoms with Crippen LogP contribution in [0.15, 0.2) is 42.5 Å². The molecule has 2 rings (SSSR count). The van der Waals surface area contributed by atoms with Gasteiger partial charge in [-0.15, -0.1) is 0 Å². The number of methoxy groups -OCH3 is 1. The van der Waals surface area contributed by atoms with E-state index in [4.69, 9.17) is 21.1 Å². The number of para-hydroxylation sites is 1. The molecule has 20 heavy (non-hydrogen) atoms. The number of halogens is 2. The van der Waals surface area contributed by atoms with Gasteiger partial charge in [0.2, 0.25) is 0 Å². The predicted molar refractivity (Wildman–Crippen MR) is 86.4 cm³/mol. The van der Waals surface area contributed by atoms with Crippen LogP contribution in [0.4, 0.5) is 0 Å². The number of hydrogen-bond acceptors (Lipinski definition) is 2. The van der Waals surface area contributed by atoms with E-state index in [0.717, 1.165) is 22.6 Å². The van der Waals surface area contributed by atoms with Crippen LogP contribution in [0.25, 0.3) is 0 Å². The molecule has 0 radical (unpaired) electrons. The Kier molecular flexibility index (Phi) is 5.32. The molecule has 0 aliphatic carbocycles. The van der Waals surface area contributed by atoms with Crippen LogP contribution in [0.2, 0.25) is 5.02 Å². The Labute approximate surface area is 132 Å². The third-order valence-corrected chi connectivity index (χ3v) is 4.18. The fraction of sp³-hybridized carbons (Fsp3) is 0.250. The van der Waals surface area contributed by atoms with Crippen LogP contribution >= 0.6 is 27.5 Å². The van der Waals surface area contributed by atoms with Crippen molar-refractivity contribution in [3.8, 4) is 11.5 Å². The summed E-state index contributed by atoms with van der Waals surface area (Å²) in [6, 6.07) is 13.5. The first-order chi connectivity index (χ1) is 9.67. The van der Waals surface area contributed by atoms with Gasteiger partial charge in [-0.25, -0.2) is 0 Å². The van der Waals surface area contributed by atoms with Crippen LogP contribution < -0.4 is 9.47 Å². The molecule has 0 saturated heterocycles. The van der Waals surface area contributed by atoms with Gasteiger partial charge in [0.25, 0.3) is 0 Å². The summed E-state index contributed by atoms with van der Waals surface area (Å²) in [5, 5.41) is 0.680.